The molecule has 0 amide bonds. The number of piperidine rings is 1. The van der Waals surface area contributed by atoms with Crippen LogP contribution in [0.25, 0.3) is 0 Å². The Bertz CT molecular complexity index is 367. The molecule has 0 spiro atoms. The molecule has 1 aromatic carbocycles. The number of hydrogen-bond acceptors (Lipinski definition) is 1. The Balaban J connectivity index is 2.03. The second-order valence-corrected chi connectivity index (χ2v) is 5.07. The van der Waals surface area contributed by atoms with Crippen molar-refractivity contribution >= 4 is 0 Å². The number of halogens is 1. The van der Waals surface area contributed by atoms with Crippen molar-refractivity contribution in [2.24, 2.45) is 0 Å². The van der Waals surface area contributed by atoms with E-state index in [0.717, 1.165) is 18.7 Å². The quantitative estimate of drug-likeness (QED) is 0.771. The van der Waals surface area contributed by atoms with Gasteiger partial charge in [0.05, 0.1) is 0 Å². The summed E-state index contributed by atoms with van der Waals surface area (Å²) >= 11 is 0. The fourth-order valence-corrected chi connectivity index (χ4v) is 2.85. The summed E-state index contributed by atoms with van der Waals surface area (Å²) in [4.78, 5) is 2.52. The molecule has 1 aliphatic rings. The van der Waals surface area contributed by atoms with E-state index >= 15 is 0 Å². The number of nitrogens with zero attached hydrogens (tertiary/aromatic N) is 1. The highest BCUT2D eigenvalue weighted by Gasteiger charge is 2.21. The highest BCUT2D eigenvalue weighted by atomic mass is 19.1. The van der Waals surface area contributed by atoms with Gasteiger partial charge in [0.15, 0.2) is 0 Å². The van der Waals surface area contributed by atoms with Crippen LogP contribution in [0, 0.1) is 12.7 Å². The van der Waals surface area contributed by atoms with E-state index in [2.05, 4.69) is 17.9 Å². The van der Waals surface area contributed by atoms with E-state index in [9.17, 15) is 4.39 Å². The minimum absolute atomic E-state index is 0.0570. The number of hydrogen-bond donors (Lipinski definition) is 0. The molecular formula is C15H22FN. The SMILES string of the molecule is CCCN1CCC(c2cccc(F)c2C)CC1. The summed E-state index contributed by atoms with van der Waals surface area (Å²) in [7, 11) is 0. The smallest absolute Gasteiger partial charge is 0.126 e. The Kier molecular flexibility index (Phi) is 4.16. The maximum atomic E-state index is 13.5. The van der Waals surface area contributed by atoms with Gasteiger partial charge >= 0.3 is 0 Å². The molecule has 1 aliphatic heterocycles. The fourth-order valence-electron chi connectivity index (χ4n) is 2.85. The standard InChI is InChI=1S/C15H22FN/c1-3-9-17-10-7-13(8-11-17)14-5-4-6-15(16)12(14)2/h4-6,13H,3,7-11H2,1-2H3. The Morgan fingerprint density at radius 3 is 2.65 bits per heavy atom. The minimum atomic E-state index is -0.0570. The predicted octanol–water partition coefficient (Wildman–Crippen LogP) is 3.72. The topological polar surface area (TPSA) is 3.24 Å². The Labute approximate surface area is 104 Å². The van der Waals surface area contributed by atoms with Gasteiger partial charge in [-0.1, -0.05) is 19.1 Å². The van der Waals surface area contributed by atoms with Crippen molar-refractivity contribution in [1.82, 2.24) is 4.90 Å². The predicted molar refractivity (Wildman–Crippen MR) is 69.8 cm³/mol. The Morgan fingerprint density at radius 1 is 1.29 bits per heavy atom. The van der Waals surface area contributed by atoms with E-state index in [4.69, 9.17) is 0 Å². The number of likely N-dealkylation sites (tertiary alicyclic amines) is 1. The normalized spacial score (nSPS) is 18.5. The van der Waals surface area contributed by atoms with Crippen LogP contribution in [0.4, 0.5) is 4.39 Å². The van der Waals surface area contributed by atoms with Gasteiger partial charge in [-0.2, -0.15) is 0 Å². The van der Waals surface area contributed by atoms with Crippen LogP contribution in [0.15, 0.2) is 18.2 Å². The summed E-state index contributed by atoms with van der Waals surface area (Å²) in [6.45, 7) is 7.66. The van der Waals surface area contributed by atoms with Gasteiger partial charge < -0.3 is 4.90 Å². The van der Waals surface area contributed by atoms with Crippen LogP contribution in [0.5, 0.6) is 0 Å². The third-order valence-electron chi connectivity index (χ3n) is 3.88. The van der Waals surface area contributed by atoms with Gasteiger partial charge in [0.2, 0.25) is 0 Å². The van der Waals surface area contributed by atoms with Crippen LogP contribution in [-0.2, 0) is 0 Å². The molecule has 1 nitrogen and oxygen atoms in total. The zero-order valence-corrected chi connectivity index (χ0v) is 10.9. The summed E-state index contributed by atoms with van der Waals surface area (Å²) in [5, 5.41) is 0. The summed E-state index contributed by atoms with van der Waals surface area (Å²) in [6.07, 6.45) is 3.57. The van der Waals surface area contributed by atoms with Gasteiger partial charge in [0, 0.05) is 0 Å². The summed E-state index contributed by atoms with van der Waals surface area (Å²) in [6, 6.07) is 5.50. The van der Waals surface area contributed by atoms with Gasteiger partial charge in [-0.3, -0.25) is 0 Å². The molecule has 0 aromatic heterocycles. The largest absolute Gasteiger partial charge is 0.303 e. The van der Waals surface area contributed by atoms with E-state index in [0.29, 0.717) is 5.92 Å². The third kappa shape index (κ3) is 2.86. The van der Waals surface area contributed by atoms with Crippen LogP contribution in [-0.4, -0.2) is 24.5 Å². The lowest BCUT2D eigenvalue weighted by Crippen LogP contribution is -2.33. The van der Waals surface area contributed by atoms with Crippen LogP contribution in [0.1, 0.15) is 43.2 Å². The molecule has 17 heavy (non-hydrogen) atoms. The van der Waals surface area contributed by atoms with Gasteiger partial charge in [-0.05, 0) is 68.9 Å². The average molecular weight is 235 g/mol. The minimum Gasteiger partial charge on any atom is -0.303 e. The van der Waals surface area contributed by atoms with Gasteiger partial charge in [0.25, 0.3) is 0 Å². The Hall–Kier alpha value is -0.890. The van der Waals surface area contributed by atoms with E-state index in [1.807, 2.05) is 13.0 Å². The molecule has 0 atom stereocenters. The molecule has 0 bridgehead atoms. The van der Waals surface area contributed by atoms with Crippen molar-refractivity contribution in [3.63, 3.8) is 0 Å². The molecule has 1 heterocycles. The lowest BCUT2D eigenvalue weighted by Gasteiger charge is -2.32. The van der Waals surface area contributed by atoms with Crippen LogP contribution < -0.4 is 0 Å². The molecule has 2 heteroatoms. The van der Waals surface area contributed by atoms with E-state index < -0.39 is 0 Å². The van der Waals surface area contributed by atoms with Crippen molar-refractivity contribution < 1.29 is 4.39 Å². The Morgan fingerprint density at radius 2 is 2.00 bits per heavy atom. The third-order valence-corrected chi connectivity index (χ3v) is 3.88. The van der Waals surface area contributed by atoms with Crippen molar-refractivity contribution in [2.45, 2.75) is 39.0 Å². The van der Waals surface area contributed by atoms with Crippen molar-refractivity contribution in [2.75, 3.05) is 19.6 Å². The first kappa shape index (κ1) is 12.6. The maximum Gasteiger partial charge on any atom is 0.126 e. The van der Waals surface area contributed by atoms with Crippen molar-refractivity contribution in [3.05, 3.63) is 35.1 Å². The van der Waals surface area contributed by atoms with E-state index in [-0.39, 0.29) is 5.82 Å². The molecule has 1 aromatic rings. The molecule has 0 radical (unpaired) electrons. The highest BCUT2D eigenvalue weighted by molar-refractivity contribution is 5.30. The van der Waals surface area contributed by atoms with Crippen LogP contribution in [0.3, 0.4) is 0 Å². The molecule has 1 fully saturated rings. The highest BCUT2D eigenvalue weighted by Crippen LogP contribution is 2.30. The van der Waals surface area contributed by atoms with Gasteiger partial charge in [-0.15, -0.1) is 0 Å². The molecular weight excluding hydrogens is 213 g/mol. The molecule has 2 rings (SSSR count). The number of benzene rings is 1. The zero-order valence-electron chi connectivity index (χ0n) is 10.9. The second-order valence-electron chi connectivity index (χ2n) is 5.07. The summed E-state index contributed by atoms with van der Waals surface area (Å²) in [5.74, 6) is 0.497. The lowest BCUT2D eigenvalue weighted by molar-refractivity contribution is 0.212. The second kappa shape index (κ2) is 5.63. The van der Waals surface area contributed by atoms with Crippen molar-refractivity contribution in [3.8, 4) is 0 Å². The van der Waals surface area contributed by atoms with Gasteiger partial charge in [-0.25, -0.2) is 4.39 Å². The monoisotopic (exact) mass is 235 g/mol. The lowest BCUT2D eigenvalue weighted by atomic mass is 9.86. The average Bonchev–Trinajstić information content (AvgIpc) is 2.34. The van der Waals surface area contributed by atoms with Crippen molar-refractivity contribution in [1.29, 1.82) is 0 Å². The molecule has 0 saturated carbocycles. The molecule has 0 unspecified atom stereocenters. The first-order valence-electron chi connectivity index (χ1n) is 6.69. The van der Waals surface area contributed by atoms with E-state index in [1.54, 1.807) is 6.07 Å². The molecule has 0 N–H and O–H groups in total. The summed E-state index contributed by atoms with van der Waals surface area (Å²) in [5.41, 5.74) is 2.07. The molecule has 1 saturated heterocycles. The first-order valence-corrected chi connectivity index (χ1v) is 6.69. The molecule has 0 aliphatic carbocycles. The van der Waals surface area contributed by atoms with Crippen LogP contribution >= 0.6 is 0 Å². The zero-order chi connectivity index (χ0) is 12.3. The van der Waals surface area contributed by atoms with Gasteiger partial charge in [0.1, 0.15) is 5.82 Å². The maximum absolute atomic E-state index is 13.5. The first-order chi connectivity index (χ1) is 8.22. The molecule has 94 valence electrons. The number of rotatable bonds is 3. The fraction of sp³-hybridized carbons (Fsp3) is 0.600. The van der Waals surface area contributed by atoms with E-state index in [1.165, 1.54) is 31.4 Å². The summed E-state index contributed by atoms with van der Waals surface area (Å²) < 4.78 is 13.5. The van der Waals surface area contributed by atoms with Crippen LogP contribution in [0.2, 0.25) is 0 Å².